The Bertz CT molecular complexity index is 713. The second-order valence-corrected chi connectivity index (χ2v) is 5.26. The number of aryl methyl sites for hydroxylation is 1. The van der Waals surface area contributed by atoms with Gasteiger partial charge in [0, 0.05) is 5.69 Å². The third-order valence-electron chi connectivity index (χ3n) is 3.31. The lowest BCUT2D eigenvalue weighted by Crippen LogP contribution is -2.21. The number of hydrogen-bond acceptors (Lipinski definition) is 3. The maximum Gasteiger partial charge on any atom is 0.340 e. The van der Waals surface area contributed by atoms with E-state index >= 15 is 0 Å². The van der Waals surface area contributed by atoms with E-state index in [-0.39, 0.29) is 12.2 Å². The molecule has 0 unspecified atom stereocenters. The Labute approximate surface area is 134 Å². The van der Waals surface area contributed by atoms with Gasteiger partial charge in [-0.2, -0.15) is 0 Å². The first kappa shape index (κ1) is 16.0. The SMILES string of the molecule is Cc1cccc(NC(=O)COC(=O)c2ccccc2Cl)c1C. The molecular formula is C17H16ClNO3. The van der Waals surface area contributed by atoms with E-state index < -0.39 is 11.9 Å². The summed E-state index contributed by atoms with van der Waals surface area (Å²) in [5.74, 6) is -1.02. The molecule has 0 fully saturated rings. The number of benzene rings is 2. The summed E-state index contributed by atoms with van der Waals surface area (Å²) >= 11 is 5.90. The highest BCUT2D eigenvalue weighted by atomic mass is 35.5. The molecule has 0 saturated heterocycles. The summed E-state index contributed by atoms with van der Waals surface area (Å²) in [5, 5.41) is 3.02. The smallest absolute Gasteiger partial charge is 0.340 e. The lowest BCUT2D eigenvalue weighted by atomic mass is 10.1. The van der Waals surface area contributed by atoms with Gasteiger partial charge in [-0.15, -0.1) is 0 Å². The van der Waals surface area contributed by atoms with E-state index in [1.54, 1.807) is 30.3 Å². The quantitative estimate of drug-likeness (QED) is 0.874. The first-order chi connectivity index (χ1) is 10.5. The van der Waals surface area contributed by atoms with Crippen LogP contribution in [-0.2, 0) is 9.53 Å². The highest BCUT2D eigenvalue weighted by Gasteiger charge is 2.13. The van der Waals surface area contributed by atoms with E-state index in [2.05, 4.69) is 5.32 Å². The summed E-state index contributed by atoms with van der Waals surface area (Å²) in [4.78, 5) is 23.7. The number of nitrogens with one attached hydrogen (secondary N) is 1. The molecule has 0 aliphatic rings. The van der Waals surface area contributed by atoms with Gasteiger partial charge in [0.1, 0.15) is 0 Å². The highest BCUT2D eigenvalue weighted by Crippen LogP contribution is 2.18. The predicted molar refractivity (Wildman–Crippen MR) is 86.3 cm³/mol. The van der Waals surface area contributed by atoms with E-state index in [1.807, 2.05) is 26.0 Å². The van der Waals surface area contributed by atoms with Crippen LogP contribution in [0.2, 0.25) is 5.02 Å². The van der Waals surface area contributed by atoms with Gasteiger partial charge in [0.2, 0.25) is 0 Å². The van der Waals surface area contributed by atoms with Crippen LogP contribution in [0.1, 0.15) is 21.5 Å². The van der Waals surface area contributed by atoms with Crippen LogP contribution >= 0.6 is 11.6 Å². The van der Waals surface area contributed by atoms with E-state index in [4.69, 9.17) is 16.3 Å². The first-order valence-electron chi connectivity index (χ1n) is 6.76. The van der Waals surface area contributed by atoms with E-state index in [1.165, 1.54) is 0 Å². The van der Waals surface area contributed by atoms with Gasteiger partial charge in [-0.05, 0) is 43.2 Å². The molecule has 0 bridgehead atoms. The standard InChI is InChI=1S/C17H16ClNO3/c1-11-6-5-9-15(12(11)2)19-16(20)10-22-17(21)13-7-3-4-8-14(13)18/h3-9H,10H2,1-2H3,(H,19,20). The zero-order valence-corrected chi connectivity index (χ0v) is 13.1. The Morgan fingerprint density at radius 3 is 2.55 bits per heavy atom. The molecule has 5 heteroatoms. The molecule has 0 heterocycles. The van der Waals surface area contributed by atoms with Crippen molar-refractivity contribution in [2.75, 3.05) is 11.9 Å². The fourth-order valence-electron chi connectivity index (χ4n) is 1.91. The van der Waals surface area contributed by atoms with Crippen molar-refractivity contribution in [1.29, 1.82) is 0 Å². The predicted octanol–water partition coefficient (Wildman–Crippen LogP) is 3.75. The van der Waals surface area contributed by atoms with Gasteiger partial charge < -0.3 is 10.1 Å². The van der Waals surface area contributed by atoms with Crippen LogP contribution in [0.5, 0.6) is 0 Å². The van der Waals surface area contributed by atoms with Crippen molar-refractivity contribution in [3.63, 3.8) is 0 Å². The third kappa shape index (κ3) is 3.86. The van der Waals surface area contributed by atoms with Gasteiger partial charge in [-0.25, -0.2) is 4.79 Å². The first-order valence-corrected chi connectivity index (χ1v) is 7.14. The Hall–Kier alpha value is -2.33. The zero-order valence-electron chi connectivity index (χ0n) is 12.4. The molecule has 0 radical (unpaired) electrons. The number of esters is 1. The number of rotatable bonds is 4. The molecule has 0 saturated carbocycles. The van der Waals surface area contributed by atoms with Crippen molar-refractivity contribution in [3.05, 3.63) is 64.2 Å². The Balaban J connectivity index is 1.95. The maximum absolute atomic E-state index is 11.9. The van der Waals surface area contributed by atoms with Crippen LogP contribution in [0.15, 0.2) is 42.5 Å². The largest absolute Gasteiger partial charge is 0.452 e. The summed E-state index contributed by atoms with van der Waals surface area (Å²) in [7, 11) is 0. The zero-order chi connectivity index (χ0) is 16.1. The number of carbonyl (C=O) groups excluding carboxylic acids is 2. The normalized spacial score (nSPS) is 10.1. The third-order valence-corrected chi connectivity index (χ3v) is 3.64. The van der Waals surface area contributed by atoms with Gasteiger partial charge >= 0.3 is 5.97 Å². The maximum atomic E-state index is 11.9. The van der Waals surface area contributed by atoms with E-state index in [0.29, 0.717) is 10.7 Å². The minimum Gasteiger partial charge on any atom is -0.452 e. The molecule has 0 aliphatic heterocycles. The minimum atomic E-state index is -0.623. The number of hydrogen-bond donors (Lipinski definition) is 1. The van der Waals surface area contributed by atoms with Gasteiger partial charge in [-0.1, -0.05) is 35.9 Å². The van der Waals surface area contributed by atoms with Crippen molar-refractivity contribution < 1.29 is 14.3 Å². The Morgan fingerprint density at radius 2 is 1.82 bits per heavy atom. The second-order valence-electron chi connectivity index (χ2n) is 4.85. The topological polar surface area (TPSA) is 55.4 Å². The highest BCUT2D eigenvalue weighted by molar-refractivity contribution is 6.33. The summed E-state index contributed by atoms with van der Waals surface area (Å²) in [6, 6.07) is 12.2. The van der Waals surface area contributed by atoms with Gasteiger partial charge in [0.25, 0.3) is 5.91 Å². The second kappa shape index (κ2) is 7.09. The van der Waals surface area contributed by atoms with E-state index in [0.717, 1.165) is 11.1 Å². The van der Waals surface area contributed by atoms with Crippen molar-refractivity contribution in [2.45, 2.75) is 13.8 Å². The van der Waals surface area contributed by atoms with Crippen molar-refractivity contribution in [2.24, 2.45) is 0 Å². The average Bonchev–Trinajstić information content (AvgIpc) is 2.50. The monoisotopic (exact) mass is 317 g/mol. The van der Waals surface area contributed by atoms with Gasteiger partial charge in [0.05, 0.1) is 10.6 Å². The van der Waals surface area contributed by atoms with Crippen LogP contribution < -0.4 is 5.32 Å². The molecule has 114 valence electrons. The Kier molecular flexibility index (Phi) is 5.17. The molecule has 4 nitrogen and oxygen atoms in total. The molecule has 0 aliphatic carbocycles. The molecule has 2 aromatic carbocycles. The summed E-state index contributed by atoms with van der Waals surface area (Å²) in [6.07, 6.45) is 0. The van der Waals surface area contributed by atoms with Crippen LogP contribution in [-0.4, -0.2) is 18.5 Å². The lowest BCUT2D eigenvalue weighted by Gasteiger charge is -2.11. The van der Waals surface area contributed by atoms with Crippen LogP contribution in [0.4, 0.5) is 5.69 Å². The fraction of sp³-hybridized carbons (Fsp3) is 0.176. The molecular weight excluding hydrogens is 302 g/mol. The van der Waals surface area contributed by atoms with Crippen LogP contribution in [0.3, 0.4) is 0 Å². The van der Waals surface area contributed by atoms with Crippen LogP contribution in [0.25, 0.3) is 0 Å². The molecule has 2 aromatic rings. The lowest BCUT2D eigenvalue weighted by molar-refractivity contribution is -0.119. The minimum absolute atomic E-state index is 0.240. The average molecular weight is 318 g/mol. The molecule has 0 spiro atoms. The van der Waals surface area contributed by atoms with Crippen molar-refractivity contribution in [1.82, 2.24) is 0 Å². The van der Waals surface area contributed by atoms with Crippen LogP contribution in [0, 0.1) is 13.8 Å². The number of carbonyl (C=O) groups is 2. The number of anilines is 1. The molecule has 2 rings (SSSR count). The van der Waals surface area contributed by atoms with Gasteiger partial charge in [-0.3, -0.25) is 4.79 Å². The Morgan fingerprint density at radius 1 is 1.09 bits per heavy atom. The number of ether oxygens (including phenoxy) is 1. The van der Waals surface area contributed by atoms with Crippen molar-refractivity contribution >= 4 is 29.2 Å². The number of halogens is 1. The summed E-state index contributed by atoms with van der Waals surface area (Å²) in [6.45, 7) is 3.51. The summed E-state index contributed by atoms with van der Waals surface area (Å²) < 4.78 is 4.98. The molecule has 1 amide bonds. The molecule has 22 heavy (non-hydrogen) atoms. The fourth-order valence-corrected chi connectivity index (χ4v) is 2.12. The molecule has 0 atom stereocenters. The molecule has 0 aromatic heterocycles. The number of amides is 1. The van der Waals surface area contributed by atoms with Gasteiger partial charge in [0.15, 0.2) is 6.61 Å². The van der Waals surface area contributed by atoms with E-state index in [9.17, 15) is 9.59 Å². The molecule has 1 N–H and O–H groups in total. The van der Waals surface area contributed by atoms with Crippen molar-refractivity contribution in [3.8, 4) is 0 Å². The summed E-state index contributed by atoms with van der Waals surface area (Å²) in [5.41, 5.74) is 3.00.